The zero-order chi connectivity index (χ0) is 42.6. The van der Waals surface area contributed by atoms with E-state index in [0.717, 1.165) is 37.1 Å². The number of nitro benzene ring substituents is 1. The molecule has 2 aromatic rings. The van der Waals surface area contributed by atoms with E-state index in [9.17, 15) is 39.2 Å². The molecule has 1 aromatic heterocycles. The molecular weight excluding hydrogens is 753 g/mol. The molecule has 16 heteroatoms. The second-order valence-corrected chi connectivity index (χ2v) is 17.2. The third-order valence-electron chi connectivity index (χ3n) is 10.9. The maximum absolute atomic E-state index is 14.6. The van der Waals surface area contributed by atoms with Crippen LogP contribution >= 0.6 is 11.3 Å². The molecule has 0 unspecified atom stereocenters. The van der Waals surface area contributed by atoms with Crippen molar-refractivity contribution in [2.75, 3.05) is 20.1 Å². The summed E-state index contributed by atoms with van der Waals surface area (Å²) in [5.74, 6) is -2.74. The minimum Gasteiger partial charge on any atom is -0.481 e. The second kappa shape index (κ2) is 21.4. The first-order valence-electron chi connectivity index (χ1n) is 20.0. The van der Waals surface area contributed by atoms with Crippen LogP contribution in [0, 0.1) is 27.4 Å². The smallest absolute Gasteiger partial charge is 0.309 e. The number of amides is 3. The van der Waals surface area contributed by atoms with Gasteiger partial charge in [-0.25, -0.2) is 4.98 Å². The van der Waals surface area contributed by atoms with Gasteiger partial charge in [0.05, 0.1) is 16.4 Å². The summed E-state index contributed by atoms with van der Waals surface area (Å²) in [6.07, 6.45) is 3.60. The largest absolute Gasteiger partial charge is 0.481 e. The molecule has 15 nitrogen and oxygen atoms in total. The van der Waals surface area contributed by atoms with Gasteiger partial charge in [0.1, 0.15) is 16.7 Å². The highest BCUT2D eigenvalue weighted by Crippen LogP contribution is 2.32. The van der Waals surface area contributed by atoms with Gasteiger partial charge in [0, 0.05) is 49.5 Å². The number of likely N-dealkylation sites (tertiary alicyclic amines) is 1. The number of benzene rings is 1. The van der Waals surface area contributed by atoms with Crippen molar-refractivity contribution in [2.45, 2.75) is 137 Å². The van der Waals surface area contributed by atoms with Crippen LogP contribution in [0.2, 0.25) is 0 Å². The predicted octanol–water partition coefficient (Wildman–Crippen LogP) is 6.17. The van der Waals surface area contributed by atoms with E-state index in [1.807, 2.05) is 46.6 Å². The first kappa shape index (κ1) is 46.9. The van der Waals surface area contributed by atoms with Crippen LogP contribution in [-0.4, -0.2) is 98.8 Å². The zero-order valence-electron chi connectivity index (χ0n) is 34.9. The van der Waals surface area contributed by atoms with Crippen LogP contribution in [0.5, 0.6) is 0 Å². The van der Waals surface area contributed by atoms with Gasteiger partial charge in [0.15, 0.2) is 6.10 Å². The Bertz CT molecular complexity index is 1700. The maximum atomic E-state index is 14.6. The van der Waals surface area contributed by atoms with Gasteiger partial charge in [-0.1, -0.05) is 59.6 Å². The number of aliphatic carboxylic acids is 1. The molecule has 6 atom stereocenters. The van der Waals surface area contributed by atoms with Crippen molar-refractivity contribution in [3.8, 4) is 0 Å². The minimum absolute atomic E-state index is 0.0452. The number of nitrogens with one attached hydrogen (secondary N) is 2. The third kappa shape index (κ3) is 13.3. The summed E-state index contributed by atoms with van der Waals surface area (Å²) in [4.78, 5) is 85.5. The lowest BCUT2D eigenvalue weighted by atomic mass is 9.84. The number of carboxylic acid groups (broad SMARTS) is 1. The monoisotopic (exact) mass is 814 g/mol. The molecule has 1 aromatic carbocycles. The van der Waals surface area contributed by atoms with E-state index in [1.165, 1.54) is 19.1 Å². The number of aromatic nitrogens is 1. The number of piperidine rings is 1. The number of hydrogen-bond acceptors (Lipinski definition) is 11. The average molecular weight is 815 g/mol. The Morgan fingerprint density at radius 3 is 2.32 bits per heavy atom. The van der Waals surface area contributed by atoms with E-state index in [1.54, 1.807) is 36.3 Å². The Balaban J connectivity index is 1.90. The summed E-state index contributed by atoms with van der Waals surface area (Å²) in [7, 11) is 1.94. The van der Waals surface area contributed by atoms with E-state index in [-0.39, 0.29) is 60.3 Å². The molecule has 0 bridgehead atoms. The van der Waals surface area contributed by atoms with Gasteiger partial charge < -0.3 is 25.4 Å². The normalized spacial score (nSPS) is 17.5. The van der Waals surface area contributed by atoms with Gasteiger partial charge in [-0.05, 0) is 76.9 Å². The minimum atomic E-state index is -1.21. The highest BCUT2D eigenvalue weighted by atomic mass is 32.1. The Labute approximate surface area is 340 Å². The number of esters is 1. The summed E-state index contributed by atoms with van der Waals surface area (Å²) < 4.78 is 5.83. The number of nitro groups is 1. The molecule has 1 aliphatic rings. The summed E-state index contributed by atoms with van der Waals surface area (Å²) in [6.45, 7) is 15.5. The van der Waals surface area contributed by atoms with Gasteiger partial charge in [-0.2, -0.15) is 0 Å². The number of carbonyl (C=O) groups is 5. The van der Waals surface area contributed by atoms with Crippen molar-refractivity contribution in [1.82, 2.24) is 25.4 Å². The fourth-order valence-electron chi connectivity index (χ4n) is 7.29. The lowest BCUT2D eigenvalue weighted by Crippen LogP contribution is -2.58. The van der Waals surface area contributed by atoms with Crippen LogP contribution in [0.4, 0.5) is 5.69 Å². The van der Waals surface area contributed by atoms with Crippen molar-refractivity contribution in [3.63, 3.8) is 0 Å². The Kier molecular flexibility index (Phi) is 17.6. The number of nitrogens with zero attached hydrogens (tertiary/aromatic N) is 4. The predicted molar refractivity (Wildman–Crippen MR) is 218 cm³/mol. The van der Waals surface area contributed by atoms with Gasteiger partial charge in [0.25, 0.3) is 11.6 Å². The van der Waals surface area contributed by atoms with Crippen LogP contribution in [0.15, 0.2) is 29.6 Å². The van der Waals surface area contributed by atoms with E-state index >= 15 is 0 Å². The van der Waals surface area contributed by atoms with E-state index < -0.39 is 52.4 Å². The molecule has 0 saturated carbocycles. The molecule has 316 valence electrons. The van der Waals surface area contributed by atoms with Crippen LogP contribution in [0.25, 0.3) is 0 Å². The summed E-state index contributed by atoms with van der Waals surface area (Å²) in [6, 6.07) is 3.71. The number of ether oxygens (including phenoxy) is 1. The quantitative estimate of drug-likeness (QED) is 0.0740. The summed E-state index contributed by atoms with van der Waals surface area (Å²) in [5, 5.41) is 28.9. The average Bonchev–Trinajstić information content (AvgIpc) is 3.65. The number of carboxylic acids is 1. The first-order valence-corrected chi connectivity index (χ1v) is 20.9. The Hall–Kier alpha value is -4.44. The van der Waals surface area contributed by atoms with Crippen molar-refractivity contribution in [1.29, 1.82) is 0 Å². The highest BCUT2D eigenvalue weighted by molar-refractivity contribution is 7.09. The van der Waals surface area contributed by atoms with Crippen LogP contribution in [-0.2, 0) is 30.3 Å². The van der Waals surface area contributed by atoms with Crippen LogP contribution < -0.4 is 10.6 Å². The molecule has 2 heterocycles. The van der Waals surface area contributed by atoms with E-state index in [4.69, 9.17) is 4.74 Å². The fourth-order valence-corrected chi connectivity index (χ4v) is 8.13. The molecule has 1 fully saturated rings. The van der Waals surface area contributed by atoms with Crippen molar-refractivity contribution >= 4 is 46.7 Å². The Morgan fingerprint density at radius 1 is 1.11 bits per heavy atom. The summed E-state index contributed by atoms with van der Waals surface area (Å²) in [5.41, 5.74) is -0.579. The molecule has 3 N–H and O–H groups in total. The molecular formula is C41H62N6O9S. The second-order valence-electron chi connectivity index (χ2n) is 16.3. The third-order valence-corrected chi connectivity index (χ3v) is 11.8. The van der Waals surface area contributed by atoms with Crippen molar-refractivity contribution < 1.29 is 38.7 Å². The molecule has 3 rings (SSSR count). The van der Waals surface area contributed by atoms with Gasteiger partial charge >= 0.3 is 11.9 Å². The number of hydrogen-bond donors (Lipinski definition) is 3. The molecule has 3 amide bonds. The summed E-state index contributed by atoms with van der Waals surface area (Å²) >= 11 is 1.14. The van der Waals surface area contributed by atoms with Crippen LogP contribution in [0.3, 0.4) is 0 Å². The topological polar surface area (TPSA) is 201 Å². The standard InChI is InChI=1S/C41H62N6O9S/c1-10-19-46(39(51)35(26(5)11-2)44-37(50)32-14-12-13-20-45(32)9)33(25(3)4)22-34(56-27(6)48)38-43-31(24-57-38)36(49)42-29(23-41(7,8)40(52)53)21-28-15-17-30(18-16-28)47(54)55/h15-18,24-26,29,32-35H,10-14,19-23H2,1-9H3,(H,42,49)(H,44,50)(H,52,53)/t26-,29-,32+,33+,34+,35-/m0/s1. The van der Waals surface area contributed by atoms with E-state index in [0.29, 0.717) is 30.0 Å². The molecule has 0 spiro atoms. The number of non-ortho nitro benzene ring substituents is 1. The van der Waals surface area contributed by atoms with E-state index in [2.05, 4.69) is 15.6 Å². The van der Waals surface area contributed by atoms with Crippen molar-refractivity contribution in [2.24, 2.45) is 17.3 Å². The molecule has 1 saturated heterocycles. The van der Waals surface area contributed by atoms with Crippen LogP contribution in [0.1, 0.15) is 127 Å². The number of rotatable bonds is 21. The zero-order valence-corrected chi connectivity index (χ0v) is 35.7. The number of carbonyl (C=O) groups excluding carboxylic acids is 4. The number of likely N-dealkylation sites (N-methyl/N-ethyl adjacent to an activating group) is 1. The molecule has 57 heavy (non-hydrogen) atoms. The highest BCUT2D eigenvalue weighted by Gasteiger charge is 2.39. The van der Waals surface area contributed by atoms with Gasteiger partial charge in [-0.15, -0.1) is 11.3 Å². The molecule has 1 aliphatic heterocycles. The lowest BCUT2D eigenvalue weighted by Gasteiger charge is -2.40. The maximum Gasteiger partial charge on any atom is 0.309 e. The SMILES string of the molecule is CCCN(C(=O)[C@@H](NC(=O)[C@H]1CCCCN1C)[C@@H](C)CC)[C@H](C[C@@H](OC(C)=O)c1nc(C(=O)N[C@@H](Cc2ccc([N+](=O)[O-])cc2)CC(C)(C)C(=O)O)cs1)C(C)C. The van der Waals surface area contributed by atoms with Gasteiger partial charge in [0.2, 0.25) is 11.8 Å². The molecule has 0 aliphatic carbocycles. The Morgan fingerprint density at radius 2 is 1.77 bits per heavy atom. The fraction of sp³-hybridized carbons (Fsp3) is 0.659. The number of thiazole rings is 1. The van der Waals surface area contributed by atoms with Crippen molar-refractivity contribution in [3.05, 3.63) is 56.0 Å². The lowest BCUT2D eigenvalue weighted by molar-refractivity contribution is -0.384. The van der Waals surface area contributed by atoms with Gasteiger partial charge in [-0.3, -0.25) is 39.0 Å². The molecule has 0 radical (unpaired) electrons. The first-order chi connectivity index (χ1) is 26.8.